The number of rotatable bonds is 5. The van der Waals surface area contributed by atoms with Gasteiger partial charge in [0, 0.05) is 28.9 Å². The Bertz CT molecular complexity index is 1410. The van der Waals surface area contributed by atoms with Gasteiger partial charge in [0.05, 0.1) is 17.3 Å². The number of hydrogen-bond donors (Lipinski definition) is 3. The Kier molecular flexibility index (Phi) is 7.78. The number of aryl methyl sites for hydroxylation is 3. The molecule has 4 amide bonds. The van der Waals surface area contributed by atoms with Gasteiger partial charge in [0.1, 0.15) is 0 Å². The molecule has 0 saturated heterocycles. The topological polar surface area (TPSA) is 90.5 Å². The van der Waals surface area contributed by atoms with Crippen LogP contribution in [0.15, 0.2) is 54.6 Å². The minimum absolute atomic E-state index is 0.00902. The lowest BCUT2D eigenvalue weighted by Gasteiger charge is -2.27. The maximum atomic E-state index is 14.0. The number of hydrogen-bond acceptors (Lipinski definition) is 3. The van der Waals surface area contributed by atoms with Crippen molar-refractivity contribution in [1.29, 1.82) is 0 Å². The molecule has 7 nitrogen and oxygen atoms in total. The van der Waals surface area contributed by atoms with Gasteiger partial charge in [-0.25, -0.2) is 4.79 Å². The van der Waals surface area contributed by atoms with Gasteiger partial charge in [0.15, 0.2) is 0 Å². The summed E-state index contributed by atoms with van der Waals surface area (Å²) >= 11 is 6.37. The number of urea groups is 1. The van der Waals surface area contributed by atoms with Crippen LogP contribution in [0.25, 0.3) is 0 Å². The van der Waals surface area contributed by atoms with Gasteiger partial charge in [-0.05, 0) is 94.1 Å². The Morgan fingerprint density at radius 2 is 1.76 bits per heavy atom. The fraction of sp³-hybridized carbons (Fsp3) is 0.300. The quantitative estimate of drug-likeness (QED) is 0.345. The normalized spacial score (nSPS) is 12.8. The van der Waals surface area contributed by atoms with E-state index in [0.29, 0.717) is 35.7 Å². The lowest BCUT2D eigenvalue weighted by Crippen LogP contribution is -2.43. The maximum Gasteiger partial charge on any atom is 0.319 e. The van der Waals surface area contributed by atoms with Gasteiger partial charge in [0.2, 0.25) is 5.91 Å². The predicted molar refractivity (Wildman–Crippen MR) is 153 cm³/mol. The van der Waals surface area contributed by atoms with Crippen molar-refractivity contribution in [3.05, 3.63) is 87.4 Å². The van der Waals surface area contributed by atoms with Gasteiger partial charge in [-0.2, -0.15) is 0 Å². The van der Waals surface area contributed by atoms with Gasteiger partial charge in [-0.3, -0.25) is 9.59 Å². The Balaban J connectivity index is 1.71. The summed E-state index contributed by atoms with van der Waals surface area (Å²) < 4.78 is 0. The highest BCUT2D eigenvalue weighted by Crippen LogP contribution is 2.31. The number of halogens is 1. The molecule has 3 aromatic carbocycles. The molecule has 4 rings (SSSR count). The summed E-state index contributed by atoms with van der Waals surface area (Å²) in [6, 6.07) is 16.3. The van der Waals surface area contributed by atoms with Crippen molar-refractivity contribution in [2.45, 2.75) is 59.5 Å². The monoisotopic (exact) mass is 532 g/mol. The first kappa shape index (κ1) is 27.2. The van der Waals surface area contributed by atoms with E-state index in [9.17, 15) is 14.4 Å². The molecular formula is C30H33ClN4O3. The van der Waals surface area contributed by atoms with E-state index < -0.39 is 11.6 Å². The Morgan fingerprint density at radius 3 is 2.50 bits per heavy atom. The molecular weight excluding hydrogens is 500 g/mol. The van der Waals surface area contributed by atoms with Crippen molar-refractivity contribution < 1.29 is 14.4 Å². The molecule has 0 spiro atoms. The van der Waals surface area contributed by atoms with Crippen LogP contribution in [0.4, 0.5) is 21.9 Å². The maximum absolute atomic E-state index is 14.0. The van der Waals surface area contributed by atoms with Gasteiger partial charge in [-0.1, -0.05) is 35.4 Å². The largest absolute Gasteiger partial charge is 0.333 e. The first-order chi connectivity index (χ1) is 17.9. The molecule has 0 fully saturated rings. The van der Waals surface area contributed by atoms with Crippen molar-refractivity contribution in [3.63, 3.8) is 0 Å². The lowest BCUT2D eigenvalue weighted by atomic mass is 10.0. The van der Waals surface area contributed by atoms with E-state index in [2.05, 4.69) is 22.0 Å². The average Bonchev–Trinajstić information content (AvgIpc) is 2.84. The highest BCUT2D eigenvalue weighted by molar-refractivity contribution is 6.34. The molecule has 0 atom stereocenters. The van der Waals surface area contributed by atoms with Crippen molar-refractivity contribution in [1.82, 2.24) is 5.32 Å². The van der Waals surface area contributed by atoms with Crippen LogP contribution < -0.4 is 20.9 Å². The molecule has 8 heteroatoms. The first-order valence-corrected chi connectivity index (χ1v) is 13.0. The molecule has 3 aromatic rings. The minimum atomic E-state index is -0.432. The van der Waals surface area contributed by atoms with E-state index in [1.807, 2.05) is 65.0 Å². The third kappa shape index (κ3) is 6.53. The molecule has 3 N–H and O–H groups in total. The van der Waals surface area contributed by atoms with Crippen LogP contribution in [0.1, 0.15) is 59.8 Å². The van der Waals surface area contributed by atoms with E-state index in [0.717, 1.165) is 33.6 Å². The van der Waals surface area contributed by atoms with E-state index in [1.54, 1.807) is 23.1 Å². The Hall–Kier alpha value is -3.84. The van der Waals surface area contributed by atoms with E-state index in [4.69, 9.17) is 11.6 Å². The predicted octanol–water partition coefficient (Wildman–Crippen LogP) is 6.61. The zero-order chi connectivity index (χ0) is 27.6. The van der Waals surface area contributed by atoms with Gasteiger partial charge >= 0.3 is 6.03 Å². The lowest BCUT2D eigenvalue weighted by molar-refractivity contribution is -0.116. The summed E-state index contributed by atoms with van der Waals surface area (Å²) in [5, 5.41) is 8.82. The number of carbonyl (C=O) groups excluding carboxylic acids is 3. The number of benzene rings is 3. The summed E-state index contributed by atoms with van der Waals surface area (Å²) in [6.45, 7) is 10.0. The fourth-order valence-electron chi connectivity index (χ4n) is 4.36. The zero-order valence-electron chi connectivity index (χ0n) is 22.4. The number of nitrogens with zero attached hydrogens (tertiary/aromatic N) is 1. The SMILES string of the molecule is Cc1ccc(C)c(CN(C(=O)c2ccc(Cl)c(NC(=O)NC(C)(C)C)c2)c2ccc3c(c2)CCC(=O)N3)c1. The second kappa shape index (κ2) is 10.9. The van der Waals surface area contributed by atoms with Crippen LogP contribution in [0.3, 0.4) is 0 Å². The second-order valence-electron chi connectivity index (χ2n) is 10.7. The molecule has 0 saturated carbocycles. The third-order valence-corrected chi connectivity index (χ3v) is 6.65. The molecule has 0 radical (unpaired) electrons. The number of anilines is 3. The smallest absolute Gasteiger partial charge is 0.319 e. The van der Waals surface area contributed by atoms with Crippen LogP contribution in [0.2, 0.25) is 5.02 Å². The summed E-state index contributed by atoms with van der Waals surface area (Å²) in [4.78, 5) is 40.1. The molecule has 0 bridgehead atoms. The number of nitrogens with one attached hydrogen (secondary N) is 3. The average molecular weight is 533 g/mol. The number of fused-ring (bicyclic) bond motifs is 1. The molecule has 1 aliphatic heterocycles. The molecule has 0 aliphatic carbocycles. The number of carbonyl (C=O) groups is 3. The molecule has 0 aromatic heterocycles. The first-order valence-electron chi connectivity index (χ1n) is 12.6. The standard InChI is InChI=1S/C30H33ClN4O3/c1-18-6-7-19(2)22(14-18)17-35(23-10-12-25-20(15-23)9-13-27(36)32-25)28(37)21-8-11-24(31)26(16-21)33-29(38)34-30(3,4)5/h6-8,10-12,14-16H,9,13,17H2,1-5H3,(H,32,36)(H2,33,34,38). The second-order valence-corrected chi connectivity index (χ2v) is 11.1. The fourth-order valence-corrected chi connectivity index (χ4v) is 4.53. The Morgan fingerprint density at radius 1 is 1.00 bits per heavy atom. The van der Waals surface area contributed by atoms with Gasteiger partial charge in [0.25, 0.3) is 5.91 Å². The van der Waals surface area contributed by atoms with Crippen LogP contribution >= 0.6 is 11.6 Å². The summed E-state index contributed by atoms with van der Waals surface area (Å²) in [5.74, 6) is -0.244. The number of amides is 4. The van der Waals surface area contributed by atoms with Crippen molar-refractivity contribution >= 4 is 46.5 Å². The molecule has 1 aliphatic rings. The van der Waals surface area contributed by atoms with Crippen LogP contribution in [-0.4, -0.2) is 23.4 Å². The van der Waals surface area contributed by atoms with E-state index in [1.165, 1.54) is 0 Å². The van der Waals surface area contributed by atoms with Gasteiger partial charge in [-0.15, -0.1) is 0 Å². The Labute approximate surface area is 228 Å². The molecule has 38 heavy (non-hydrogen) atoms. The minimum Gasteiger partial charge on any atom is -0.333 e. The summed E-state index contributed by atoms with van der Waals surface area (Å²) in [6.07, 6.45) is 1.02. The molecule has 1 heterocycles. The van der Waals surface area contributed by atoms with Crippen molar-refractivity contribution in [2.75, 3.05) is 15.5 Å². The summed E-state index contributed by atoms with van der Waals surface area (Å²) in [7, 11) is 0. The van der Waals surface area contributed by atoms with Crippen LogP contribution in [-0.2, 0) is 17.8 Å². The van der Waals surface area contributed by atoms with Gasteiger partial charge < -0.3 is 20.9 Å². The van der Waals surface area contributed by atoms with Crippen LogP contribution in [0, 0.1) is 13.8 Å². The van der Waals surface area contributed by atoms with Crippen molar-refractivity contribution in [2.24, 2.45) is 0 Å². The highest BCUT2D eigenvalue weighted by atomic mass is 35.5. The van der Waals surface area contributed by atoms with E-state index >= 15 is 0 Å². The van der Waals surface area contributed by atoms with Crippen molar-refractivity contribution in [3.8, 4) is 0 Å². The zero-order valence-corrected chi connectivity index (χ0v) is 23.1. The van der Waals surface area contributed by atoms with Crippen LogP contribution in [0.5, 0.6) is 0 Å². The third-order valence-electron chi connectivity index (χ3n) is 6.32. The van der Waals surface area contributed by atoms with E-state index in [-0.39, 0.29) is 11.8 Å². The molecule has 0 unspecified atom stereocenters. The molecule has 198 valence electrons. The highest BCUT2D eigenvalue weighted by Gasteiger charge is 2.23. The summed E-state index contributed by atoms with van der Waals surface area (Å²) in [5.41, 5.74) is 5.99.